The molecule has 0 unspecified atom stereocenters. The van der Waals surface area contributed by atoms with Gasteiger partial charge in [-0.25, -0.2) is 9.59 Å². The standard InChI is InChI=1S/C42H49N3O7/c1-28-38(25-45-22-8-12-35(45)27-47)51-41(52-39(28)32-16-14-30(26-46)15-17-32)33-20-18-31(19-21-33)36-13-7-6-11-34(36)24-43-42(49)44-37(40(48)50-2)23-29-9-4-3-5-10-29/h3-7,9-11,13-21,28,35,37-39,41,46-47H,8,12,22-27H2,1-2H3,(H2,43,44,49)/t28-,35+,37+,38+,39+,41+/m1/s1. The lowest BCUT2D eigenvalue weighted by Crippen LogP contribution is -2.47. The molecule has 2 aliphatic rings. The maximum Gasteiger partial charge on any atom is 0.328 e. The third-order valence-corrected chi connectivity index (χ3v) is 10.3. The summed E-state index contributed by atoms with van der Waals surface area (Å²) in [6, 6.07) is 32.2. The fourth-order valence-electron chi connectivity index (χ4n) is 7.25. The van der Waals surface area contributed by atoms with E-state index in [0.717, 1.165) is 58.3 Å². The molecule has 0 aromatic heterocycles. The van der Waals surface area contributed by atoms with Gasteiger partial charge in [0.25, 0.3) is 0 Å². The number of hydrogen-bond acceptors (Lipinski definition) is 8. The number of urea groups is 1. The average Bonchev–Trinajstić information content (AvgIpc) is 3.65. The molecule has 6 rings (SSSR count). The van der Waals surface area contributed by atoms with E-state index in [1.54, 1.807) is 0 Å². The Balaban J connectivity index is 1.16. The monoisotopic (exact) mass is 707 g/mol. The molecule has 2 saturated heterocycles. The van der Waals surface area contributed by atoms with Gasteiger partial charge in [0.2, 0.25) is 0 Å². The van der Waals surface area contributed by atoms with Crippen molar-refractivity contribution in [3.8, 4) is 11.1 Å². The van der Waals surface area contributed by atoms with Gasteiger partial charge in [0.1, 0.15) is 6.04 Å². The molecule has 6 atom stereocenters. The molecule has 2 amide bonds. The number of esters is 1. The van der Waals surface area contributed by atoms with Crippen molar-refractivity contribution in [1.29, 1.82) is 0 Å². The van der Waals surface area contributed by atoms with Crippen LogP contribution in [0.1, 0.15) is 60.0 Å². The zero-order chi connectivity index (χ0) is 36.5. The van der Waals surface area contributed by atoms with Gasteiger partial charge in [-0.15, -0.1) is 0 Å². The lowest BCUT2D eigenvalue weighted by molar-refractivity contribution is -0.276. The normalized spacial score (nSPS) is 22.4. The van der Waals surface area contributed by atoms with Gasteiger partial charge in [0.15, 0.2) is 6.29 Å². The highest BCUT2D eigenvalue weighted by Crippen LogP contribution is 2.42. The van der Waals surface area contributed by atoms with Gasteiger partial charge >= 0.3 is 12.0 Å². The van der Waals surface area contributed by atoms with Gasteiger partial charge in [0, 0.05) is 37.0 Å². The predicted molar refractivity (Wildman–Crippen MR) is 198 cm³/mol. The number of rotatable bonds is 13. The first-order chi connectivity index (χ1) is 25.4. The molecule has 10 heteroatoms. The molecule has 52 heavy (non-hydrogen) atoms. The third-order valence-electron chi connectivity index (χ3n) is 10.3. The molecule has 2 fully saturated rings. The Kier molecular flexibility index (Phi) is 12.7. The quantitative estimate of drug-likeness (QED) is 0.131. The molecule has 2 aliphatic heterocycles. The van der Waals surface area contributed by atoms with E-state index < -0.39 is 24.3 Å². The Morgan fingerprint density at radius 1 is 0.885 bits per heavy atom. The van der Waals surface area contributed by atoms with Crippen LogP contribution >= 0.6 is 0 Å². The van der Waals surface area contributed by atoms with Gasteiger partial charge in [0.05, 0.1) is 32.5 Å². The number of methoxy groups -OCH3 is 1. The summed E-state index contributed by atoms with van der Waals surface area (Å²) in [5.74, 6) is -0.462. The Morgan fingerprint density at radius 2 is 1.60 bits per heavy atom. The number of ether oxygens (including phenoxy) is 3. The van der Waals surface area contributed by atoms with Crippen molar-refractivity contribution in [2.24, 2.45) is 5.92 Å². The molecule has 4 aromatic carbocycles. The van der Waals surface area contributed by atoms with Crippen molar-refractivity contribution >= 4 is 12.0 Å². The zero-order valence-electron chi connectivity index (χ0n) is 29.8. The van der Waals surface area contributed by atoms with E-state index >= 15 is 0 Å². The minimum atomic E-state index is -0.826. The van der Waals surface area contributed by atoms with Crippen molar-refractivity contribution in [1.82, 2.24) is 15.5 Å². The highest BCUT2D eigenvalue weighted by atomic mass is 16.7. The number of nitrogens with zero attached hydrogens (tertiary/aromatic N) is 1. The van der Waals surface area contributed by atoms with E-state index in [9.17, 15) is 19.8 Å². The largest absolute Gasteiger partial charge is 0.467 e. The van der Waals surface area contributed by atoms with Crippen LogP contribution in [0.4, 0.5) is 4.79 Å². The molecule has 2 heterocycles. The molecule has 0 saturated carbocycles. The number of likely N-dealkylation sites (tertiary alicyclic amines) is 1. The van der Waals surface area contributed by atoms with Gasteiger partial charge < -0.3 is 35.1 Å². The number of amides is 2. The third kappa shape index (κ3) is 9.07. The van der Waals surface area contributed by atoms with Crippen LogP contribution < -0.4 is 10.6 Å². The maximum atomic E-state index is 13.0. The van der Waals surface area contributed by atoms with Crippen molar-refractivity contribution < 1.29 is 34.0 Å². The van der Waals surface area contributed by atoms with E-state index in [2.05, 4.69) is 22.5 Å². The Hall–Kier alpha value is -4.58. The fraction of sp³-hybridized carbons (Fsp3) is 0.381. The van der Waals surface area contributed by atoms with Crippen LogP contribution in [0.3, 0.4) is 0 Å². The van der Waals surface area contributed by atoms with Crippen molar-refractivity contribution in [3.63, 3.8) is 0 Å². The van der Waals surface area contributed by atoms with Crippen LogP contribution in [0.5, 0.6) is 0 Å². The van der Waals surface area contributed by atoms with E-state index in [4.69, 9.17) is 14.2 Å². The summed E-state index contributed by atoms with van der Waals surface area (Å²) in [7, 11) is 1.31. The Morgan fingerprint density at radius 3 is 2.31 bits per heavy atom. The van der Waals surface area contributed by atoms with Crippen molar-refractivity contribution in [3.05, 3.63) is 131 Å². The first-order valence-corrected chi connectivity index (χ1v) is 18.1. The van der Waals surface area contributed by atoms with Crippen LogP contribution in [0, 0.1) is 5.92 Å². The lowest BCUT2D eigenvalue weighted by atomic mass is 9.89. The summed E-state index contributed by atoms with van der Waals surface area (Å²) in [5.41, 5.74) is 6.53. The number of aliphatic hydroxyl groups is 2. The van der Waals surface area contributed by atoms with Gasteiger partial charge in [-0.2, -0.15) is 0 Å². The van der Waals surface area contributed by atoms with Crippen molar-refractivity contribution in [2.75, 3.05) is 26.8 Å². The molecule has 274 valence electrons. The summed E-state index contributed by atoms with van der Waals surface area (Å²) >= 11 is 0. The second kappa shape index (κ2) is 17.8. The smallest absolute Gasteiger partial charge is 0.328 e. The number of carbonyl (C=O) groups is 2. The van der Waals surface area contributed by atoms with Crippen LogP contribution in [0.15, 0.2) is 103 Å². The Bertz CT molecular complexity index is 1750. The molecule has 0 aliphatic carbocycles. The van der Waals surface area contributed by atoms with E-state index in [0.29, 0.717) is 13.0 Å². The summed E-state index contributed by atoms with van der Waals surface area (Å²) < 4.78 is 18.3. The fourth-order valence-corrected chi connectivity index (χ4v) is 7.25. The molecular formula is C42H49N3O7. The Labute approximate surface area is 305 Å². The molecule has 0 radical (unpaired) electrons. The SMILES string of the molecule is COC(=O)[C@H](Cc1ccccc1)NC(=O)NCc1ccccc1-c1ccc([C@H]2O[C@@H](CN3CCC[C@H]3CO)[C@@H](C)[C@@H](c3ccc(CO)cc3)O2)cc1. The van der Waals surface area contributed by atoms with E-state index in [-0.39, 0.29) is 43.9 Å². The summed E-state index contributed by atoms with van der Waals surface area (Å²) in [4.78, 5) is 27.8. The summed E-state index contributed by atoms with van der Waals surface area (Å²) in [6.07, 6.45) is 1.40. The topological polar surface area (TPSA) is 130 Å². The molecular weight excluding hydrogens is 658 g/mol. The molecule has 0 spiro atoms. The minimum absolute atomic E-state index is 0.0173. The molecule has 10 nitrogen and oxygen atoms in total. The van der Waals surface area contributed by atoms with Crippen LogP contribution in [0.25, 0.3) is 11.1 Å². The second-order valence-electron chi connectivity index (χ2n) is 13.7. The molecule has 0 bridgehead atoms. The maximum absolute atomic E-state index is 13.0. The predicted octanol–water partition coefficient (Wildman–Crippen LogP) is 5.68. The first kappa shape index (κ1) is 37.2. The lowest BCUT2D eigenvalue weighted by Gasteiger charge is -2.43. The number of aliphatic hydroxyl groups excluding tert-OH is 2. The molecule has 4 N–H and O–H groups in total. The van der Waals surface area contributed by atoms with Crippen LogP contribution in [-0.4, -0.2) is 72.1 Å². The number of hydrogen-bond donors (Lipinski definition) is 4. The van der Waals surface area contributed by atoms with E-state index in [1.165, 1.54) is 7.11 Å². The minimum Gasteiger partial charge on any atom is -0.467 e. The highest BCUT2D eigenvalue weighted by molar-refractivity contribution is 5.84. The number of benzene rings is 4. The summed E-state index contributed by atoms with van der Waals surface area (Å²) in [5, 5.41) is 25.3. The first-order valence-electron chi connectivity index (χ1n) is 18.1. The zero-order valence-corrected chi connectivity index (χ0v) is 29.8. The highest BCUT2D eigenvalue weighted by Gasteiger charge is 2.40. The second-order valence-corrected chi connectivity index (χ2v) is 13.7. The van der Waals surface area contributed by atoms with E-state index in [1.807, 2.05) is 103 Å². The van der Waals surface area contributed by atoms with Gasteiger partial charge in [-0.1, -0.05) is 110 Å². The number of carbonyl (C=O) groups excluding carboxylic acids is 2. The van der Waals surface area contributed by atoms with Crippen molar-refractivity contribution in [2.45, 2.75) is 69.9 Å². The van der Waals surface area contributed by atoms with Gasteiger partial charge in [-0.05, 0) is 52.8 Å². The van der Waals surface area contributed by atoms with Gasteiger partial charge in [-0.3, -0.25) is 4.90 Å². The number of nitrogens with one attached hydrogen (secondary N) is 2. The average molecular weight is 708 g/mol. The molecule has 4 aromatic rings. The van der Waals surface area contributed by atoms with Crippen LogP contribution in [0.2, 0.25) is 0 Å². The van der Waals surface area contributed by atoms with Crippen LogP contribution in [-0.2, 0) is 38.6 Å². The summed E-state index contributed by atoms with van der Waals surface area (Å²) in [6.45, 7) is 4.16.